The summed E-state index contributed by atoms with van der Waals surface area (Å²) in [6.45, 7) is 3.06. The van der Waals surface area contributed by atoms with Gasteiger partial charge in [-0.05, 0) is 56.6 Å². The Labute approximate surface area is 235 Å². The maximum Gasteiger partial charge on any atom is 0.273 e. The monoisotopic (exact) mass is 553 g/mol. The van der Waals surface area contributed by atoms with Crippen LogP contribution >= 0.6 is 0 Å². The highest BCUT2D eigenvalue weighted by atomic mass is 16.5. The average molecular weight is 554 g/mol. The smallest absolute Gasteiger partial charge is 0.273 e. The predicted octanol–water partition coefficient (Wildman–Crippen LogP) is 3.33. The number of aromatic nitrogens is 6. The van der Waals surface area contributed by atoms with Crippen molar-refractivity contribution in [1.29, 1.82) is 0 Å². The van der Waals surface area contributed by atoms with E-state index in [2.05, 4.69) is 35.8 Å². The molecule has 41 heavy (non-hydrogen) atoms. The molecule has 210 valence electrons. The second-order valence-electron chi connectivity index (χ2n) is 10.9. The molecule has 4 aromatic heterocycles. The minimum absolute atomic E-state index is 0.0423. The Morgan fingerprint density at radius 3 is 2.61 bits per heavy atom. The number of nitrogens with zero attached hydrogens (tertiary/aromatic N) is 6. The van der Waals surface area contributed by atoms with E-state index in [1.165, 1.54) is 0 Å². The molecular weight excluding hydrogens is 522 g/mol. The molecular formula is C29H31N9O3. The molecule has 0 amide bonds. The van der Waals surface area contributed by atoms with Crippen molar-refractivity contribution in [2.75, 3.05) is 36.9 Å². The largest absolute Gasteiger partial charge is 0.394 e. The Morgan fingerprint density at radius 1 is 1.07 bits per heavy atom. The van der Waals surface area contributed by atoms with E-state index in [9.17, 15) is 9.90 Å². The van der Waals surface area contributed by atoms with E-state index < -0.39 is 0 Å². The van der Waals surface area contributed by atoms with Crippen LogP contribution in [0.1, 0.15) is 36.7 Å². The molecule has 0 saturated carbocycles. The van der Waals surface area contributed by atoms with Crippen molar-refractivity contribution in [3.63, 3.8) is 0 Å². The highest BCUT2D eigenvalue weighted by Gasteiger charge is 2.44. The van der Waals surface area contributed by atoms with E-state index in [0.29, 0.717) is 39.8 Å². The summed E-state index contributed by atoms with van der Waals surface area (Å²) in [5.41, 5.74) is 2.55. The van der Waals surface area contributed by atoms with Crippen LogP contribution in [0.15, 0.2) is 64.0 Å². The van der Waals surface area contributed by atoms with Crippen molar-refractivity contribution in [3.8, 4) is 11.5 Å². The summed E-state index contributed by atoms with van der Waals surface area (Å²) in [4.78, 5) is 28.7. The zero-order valence-electron chi connectivity index (χ0n) is 22.7. The number of H-pyrrole nitrogens is 1. The molecule has 12 heteroatoms. The van der Waals surface area contributed by atoms with Crippen molar-refractivity contribution in [3.05, 3.63) is 76.5 Å². The van der Waals surface area contributed by atoms with Gasteiger partial charge in [-0.1, -0.05) is 35.5 Å². The molecule has 1 unspecified atom stereocenters. The molecule has 8 rings (SSSR count). The number of anilines is 3. The number of fused-ring (bicyclic) bond motifs is 4. The topological polar surface area (TPSA) is 150 Å². The Morgan fingerprint density at radius 2 is 1.85 bits per heavy atom. The number of aromatic amines is 1. The van der Waals surface area contributed by atoms with Crippen LogP contribution in [0.25, 0.3) is 22.5 Å². The van der Waals surface area contributed by atoms with Crippen molar-refractivity contribution in [2.24, 2.45) is 7.05 Å². The Bertz CT molecular complexity index is 1740. The summed E-state index contributed by atoms with van der Waals surface area (Å²) >= 11 is 0. The van der Waals surface area contributed by atoms with Crippen LogP contribution in [0, 0.1) is 0 Å². The molecule has 3 fully saturated rings. The lowest BCUT2D eigenvalue weighted by molar-refractivity contribution is 0.0747. The standard InChI is InChI=1S/C29H31N9O3/c1-37-25-19(26(40)35-37)7-8-23(33-25)32-24-15-21(31-22(17-39)18-5-3-2-4-6-18)20(16-30-24)27-34-28(36-41-27)29-9-12-38(13-10-29)14-11-29/h2-8,15-16,22,39H,9-14,17H2,1H3,(H,35,40)(H2,30,31,32,33). The zero-order valence-corrected chi connectivity index (χ0v) is 22.7. The summed E-state index contributed by atoms with van der Waals surface area (Å²) in [5, 5.41) is 24.7. The van der Waals surface area contributed by atoms with Gasteiger partial charge in [-0.3, -0.25) is 14.6 Å². The fourth-order valence-corrected chi connectivity index (χ4v) is 5.98. The maximum atomic E-state index is 12.1. The van der Waals surface area contributed by atoms with Crippen molar-refractivity contribution in [1.82, 2.24) is 34.8 Å². The van der Waals surface area contributed by atoms with Gasteiger partial charge in [0.05, 0.1) is 29.3 Å². The molecule has 1 atom stereocenters. The normalized spacial score (nSPS) is 20.8. The number of rotatable bonds is 8. The molecule has 3 aliphatic rings. The quantitative estimate of drug-likeness (QED) is 0.225. The molecule has 0 radical (unpaired) electrons. The van der Waals surface area contributed by atoms with E-state index >= 15 is 0 Å². The first-order valence-corrected chi connectivity index (χ1v) is 13.8. The Kier molecular flexibility index (Phi) is 6.28. The van der Waals surface area contributed by atoms with Gasteiger partial charge in [-0.15, -0.1) is 0 Å². The van der Waals surface area contributed by atoms with E-state index in [1.807, 2.05) is 36.4 Å². The van der Waals surface area contributed by atoms with Gasteiger partial charge >= 0.3 is 0 Å². The molecule has 7 heterocycles. The molecule has 0 spiro atoms. The molecule has 3 saturated heterocycles. The third-order valence-electron chi connectivity index (χ3n) is 8.43. The summed E-state index contributed by atoms with van der Waals surface area (Å²) in [6.07, 6.45) is 4.78. The Balaban J connectivity index is 1.24. The number of hydrogen-bond donors (Lipinski definition) is 4. The lowest BCUT2D eigenvalue weighted by atomic mass is 9.71. The van der Waals surface area contributed by atoms with Crippen LogP contribution in [-0.4, -0.2) is 66.1 Å². The second kappa shape index (κ2) is 10.1. The minimum Gasteiger partial charge on any atom is -0.394 e. The number of nitrogens with one attached hydrogen (secondary N) is 3. The average Bonchev–Trinajstić information content (AvgIpc) is 3.62. The lowest BCUT2D eigenvalue weighted by Gasteiger charge is -2.46. The molecule has 0 aliphatic carbocycles. The first-order valence-electron chi connectivity index (χ1n) is 13.8. The van der Waals surface area contributed by atoms with Gasteiger partial charge in [0.1, 0.15) is 11.6 Å². The van der Waals surface area contributed by atoms with Crippen LogP contribution < -0.4 is 16.2 Å². The van der Waals surface area contributed by atoms with Gasteiger partial charge in [0.25, 0.3) is 11.4 Å². The van der Waals surface area contributed by atoms with Crippen LogP contribution in [0.5, 0.6) is 0 Å². The highest BCUT2D eigenvalue weighted by Crippen LogP contribution is 2.42. The van der Waals surface area contributed by atoms with Gasteiger partial charge in [-0.25, -0.2) is 9.97 Å². The number of pyridine rings is 2. The number of piperidine rings is 3. The van der Waals surface area contributed by atoms with E-state index in [4.69, 9.17) is 9.51 Å². The highest BCUT2D eigenvalue weighted by molar-refractivity contribution is 5.79. The molecule has 4 N–H and O–H groups in total. The van der Waals surface area contributed by atoms with E-state index in [0.717, 1.165) is 50.3 Å². The van der Waals surface area contributed by atoms with Gasteiger partial charge in [0.2, 0.25) is 0 Å². The summed E-state index contributed by atoms with van der Waals surface area (Å²) in [5.74, 6) is 2.20. The molecule has 1 aromatic carbocycles. The fraction of sp³-hybridized carbons (Fsp3) is 0.345. The summed E-state index contributed by atoms with van der Waals surface area (Å²) in [6, 6.07) is 14.7. The molecule has 3 aliphatic heterocycles. The van der Waals surface area contributed by atoms with Gasteiger partial charge in [0, 0.05) is 24.7 Å². The third-order valence-corrected chi connectivity index (χ3v) is 8.43. The summed E-state index contributed by atoms with van der Waals surface area (Å²) < 4.78 is 7.43. The van der Waals surface area contributed by atoms with Gasteiger partial charge in [-0.2, -0.15) is 4.98 Å². The third kappa shape index (κ3) is 4.64. The SMILES string of the molecule is Cn1[nH]c(=O)c2ccc(Nc3cc(NC(CO)c4ccccc4)c(-c4nc(C56CCN(CC5)CC6)no4)cn3)nc21. The van der Waals surface area contributed by atoms with Crippen molar-refractivity contribution in [2.45, 2.75) is 30.7 Å². The van der Waals surface area contributed by atoms with Crippen LogP contribution in [0.2, 0.25) is 0 Å². The fourth-order valence-electron chi connectivity index (χ4n) is 5.98. The minimum atomic E-state index is -0.377. The van der Waals surface area contributed by atoms with Crippen LogP contribution in [0.3, 0.4) is 0 Å². The van der Waals surface area contributed by atoms with Gasteiger partial charge < -0.3 is 25.2 Å². The number of hydrogen-bond acceptors (Lipinski definition) is 10. The Hall–Kier alpha value is -4.55. The number of aryl methyl sites for hydroxylation is 1. The predicted molar refractivity (Wildman–Crippen MR) is 154 cm³/mol. The molecule has 2 bridgehead atoms. The second-order valence-corrected chi connectivity index (χ2v) is 10.9. The molecule has 12 nitrogen and oxygen atoms in total. The first kappa shape index (κ1) is 25.4. The van der Waals surface area contributed by atoms with Crippen molar-refractivity contribution >= 4 is 28.4 Å². The zero-order chi connectivity index (χ0) is 28.0. The van der Waals surface area contributed by atoms with Gasteiger partial charge in [0.15, 0.2) is 11.5 Å². The van der Waals surface area contributed by atoms with E-state index in [-0.39, 0.29) is 23.6 Å². The van der Waals surface area contributed by atoms with Crippen molar-refractivity contribution < 1.29 is 9.63 Å². The first-order chi connectivity index (χ1) is 20.0. The molecule has 5 aromatic rings. The number of aliphatic hydroxyl groups is 1. The van der Waals surface area contributed by atoms with E-state index in [1.54, 1.807) is 30.1 Å². The maximum absolute atomic E-state index is 12.1. The number of benzene rings is 1. The lowest BCUT2D eigenvalue weighted by Crippen LogP contribution is -2.51. The van der Waals surface area contributed by atoms with Crippen LogP contribution in [-0.2, 0) is 12.5 Å². The summed E-state index contributed by atoms with van der Waals surface area (Å²) in [7, 11) is 1.74. The van der Waals surface area contributed by atoms with Crippen LogP contribution in [0.4, 0.5) is 17.3 Å². The number of aliphatic hydroxyl groups excluding tert-OH is 1.